The number of carbonyl (C=O) groups excluding carboxylic acids is 2. The second-order valence-electron chi connectivity index (χ2n) is 9.14. The number of ether oxygens (including phenoxy) is 2. The van der Waals surface area contributed by atoms with Crippen molar-refractivity contribution >= 4 is 34.9 Å². The number of rotatable bonds is 6. The summed E-state index contributed by atoms with van der Waals surface area (Å²) in [6.45, 7) is 1.65. The van der Waals surface area contributed by atoms with Crippen LogP contribution in [0.5, 0.6) is 5.75 Å². The third-order valence-electron chi connectivity index (χ3n) is 6.81. The Balaban J connectivity index is 1.14. The summed E-state index contributed by atoms with van der Waals surface area (Å²) >= 11 is 6.37. The van der Waals surface area contributed by atoms with Gasteiger partial charge in [-0.25, -0.2) is 4.79 Å². The molecule has 3 aliphatic heterocycles. The average molecular weight is 516 g/mol. The summed E-state index contributed by atoms with van der Waals surface area (Å²) in [5.74, 6) is 0.421. The summed E-state index contributed by atoms with van der Waals surface area (Å²) < 4.78 is 11.1. The van der Waals surface area contributed by atoms with Crippen molar-refractivity contribution in [3.8, 4) is 5.75 Å². The van der Waals surface area contributed by atoms with E-state index >= 15 is 0 Å². The van der Waals surface area contributed by atoms with Crippen LogP contribution < -0.4 is 25.7 Å². The Morgan fingerprint density at radius 2 is 2.08 bits per heavy atom. The van der Waals surface area contributed by atoms with Gasteiger partial charge in [0.1, 0.15) is 12.3 Å². The molecule has 3 atom stereocenters. The molecule has 0 saturated carbocycles. The van der Waals surface area contributed by atoms with Crippen molar-refractivity contribution in [1.82, 2.24) is 15.6 Å². The van der Waals surface area contributed by atoms with E-state index in [4.69, 9.17) is 21.1 Å². The van der Waals surface area contributed by atoms with Crippen LogP contribution in [0, 0.1) is 0 Å². The van der Waals surface area contributed by atoms with E-state index in [0.717, 1.165) is 23.2 Å². The fraction of sp³-hybridized carbons (Fsp3) is 0.440. The van der Waals surface area contributed by atoms with Crippen LogP contribution in [-0.4, -0.2) is 67.6 Å². The van der Waals surface area contributed by atoms with Crippen LogP contribution in [0.2, 0.25) is 5.02 Å². The molecule has 0 spiro atoms. The molecule has 0 aliphatic carbocycles. The molecule has 4 N–H and O–H groups in total. The van der Waals surface area contributed by atoms with Crippen molar-refractivity contribution in [1.29, 1.82) is 0 Å². The molecule has 2 fully saturated rings. The van der Waals surface area contributed by atoms with Gasteiger partial charge in [-0.3, -0.25) is 14.8 Å². The molecular weight excluding hydrogens is 486 g/mol. The van der Waals surface area contributed by atoms with Gasteiger partial charge in [0.05, 0.1) is 42.7 Å². The number of carbonyl (C=O) groups is 2. The van der Waals surface area contributed by atoms with E-state index in [9.17, 15) is 14.7 Å². The normalized spacial score (nSPS) is 22.5. The predicted molar refractivity (Wildman–Crippen MR) is 135 cm³/mol. The van der Waals surface area contributed by atoms with Gasteiger partial charge in [-0.05, 0) is 36.2 Å². The summed E-state index contributed by atoms with van der Waals surface area (Å²) in [5.41, 5.74) is 3.58. The maximum absolute atomic E-state index is 12.9. The van der Waals surface area contributed by atoms with Crippen LogP contribution >= 0.6 is 11.6 Å². The lowest BCUT2D eigenvalue weighted by Crippen LogP contribution is -2.48. The molecule has 11 heteroatoms. The van der Waals surface area contributed by atoms with Crippen molar-refractivity contribution in [3.63, 3.8) is 0 Å². The smallest absolute Gasteiger partial charge is 0.315 e. The largest absolute Gasteiger partial charge is 0.497 e. The Bertz CT molecular complexity index is 1150. The Kier molecular flexibility index (Phi) is 7.08. The molecule has 2 aromatic rings. The number of methoxy groups -OCH3 is 1. The number of amides is 3. The van der Waals surface area contributed by atoms with E-state index in [2.05, 4.69) is 16.0 Å². The van der Waals surface area contributed by atoms with Crippen molar-refractivity contribution < 1.29 is 24.2 Å². The van der Waals surface area contributed by atoms with Crippen LogP contribution in [0.3, 0.4) is 0 Å². The first kappa shape index (κ1) is 24.5. The summed E-state index contributed by atoms with van der Waals surface area (Å²) in [6.07, 6.45) is 0.926. The van der Waals surface area contributed by atoms with Crippen molar-refractivity contribution in [2.24, 2.45) is 0 Å². The summed E-state index contributed by atoms with van der Waals surface area (Å²) in [6, 6.07) is 10.7. The molecule has 0 unspecified atom stereocenters. The number of aliphatic hydroxyl groups is 1. The Labute approximate surface area is 214 Å². The maximum Gasteiger partial charge on any atom is 0.315 e. The van der Waals surface area contributed by atoms with Gasteiger partial charge in [0.25, 0.3) is 5.91 Å². The van der Waals surface area contributed by atoms with Crippen LogP contribution in [0.4, 0.5) is 16.2 Å². The lowest BCUT2D eigenvalue weighted by molar-refractivity contribution is -0.129. The van der Waals surface area contributed by atoms with Crippen molar-refractivity contribution in [2.75, 3.05) is 43.7 Å². The summed E-state index contributed by atoms with van der Waals surface area (Å²) in [4.78, 5) is 25.3. The highest BCUT2D eigenvalue weighted by Gasteiger charge is 2.36. The topological polar surface area (TPSA) is 115 Å². The monoisotopic (exact) mass is 515 g/mol. The zero-order valence-electron chi connectivity index (χ0n) is 20.0. The zero-order chi connectivity index (χ0) is 25.2. The molecule has 36 heavy (non-hydrogen) atoms. The Morgan fingerprint density at radius 3 is 2.92 bits per heavy atom. The molecule has 3 heterocycles. The number of anilines is 2. The molecule has 0 aromatic heterocycles. The fourth-order valence-corrected chi connectivity index (χ4v) is 5.12. The first-order valence-corrected chi connectivity index (χ1v) is 12.4. The molecule has 192 valence electrons. The third kappa shape index (κ3) is 5.02. The molecule has 2 saturated heterocycles. The molecule has 2 bridgehead atoms. The van der Waals surface area contributed by atoms with Crippen molar-refractivity contribution in [2.45, 2.75) is 37.6 Å². The number of hydrazine groups is 1. The Morgan fingerprint density at radius 1 is 1.22 bits per heavy atom. The molecular formula is C25H30ClN5O5. The van der Waals surface area contributed by atoms with Gasteiger partial charge < -0.3 is 30.5 Å². The lowest BCUT2D eigenvalue weighted by Gasteiger charge is -2.40. The minimum Gasteiger partial charge on any atom is -0.497 e. The Hall–Kier alpha value is -3.21. The number of urea groups is 1. The fourth-order valence-electron chi connectivity index (χ4n) is 4.91. The van der Waals surface area contributed by atoms with Gasteiger partial charge in [0.15, 0.2) is 0 Å². The maximum atomic E-state index is 12.9. The molecule has 5 rings (SSSR count). The van der Waals surface area contributed by atoms with Crippen LogP contribution in [-0.2, 0) is 16.1 Å². The van der Waals surface area contributed by atoms with E-state index in [0.29, 0.717) is 49.1 Å². The van der Waals surface area contributed by atoms with Crippen LogP contribution in [0.1, 0.15) is 30.1 Å². The van der Waals surface area contributed by atoms with Gasteiger partial charge in [0.2, 0.25) is 0 Å². The predicted octanol–water partition coefficient (Wildman–Crippen LogP) is 2.42. The number of fused-ring (bicyclic) bond motifs is 4. The molecule has 0 radical (unpaired) electrons. The van der Waals surface area contributed by atoms with Crippen molar-refractivity contribution in [3.05, 3.63) is 52.5 Å². The summed E-state index contributed by atoms with van der Waals surface area (Å²) in [5, 5.41) is 22.8. The number of benzene rings is 2. The first-order chi connectivity index (χ1) is 17.4. The lowest BCUT2D eigenvalue weighted by atomic mass is 9.89. The van der Waals surface area contributed by atoms with E-state index in [1.54, 1.807) is 30.3 Å². The molecule has 2 aromatic carbocycles. The van der Waals surface area contributed by atoms with Gasteiger partial charge >= 0.3 is 6.03 Å². The second-order valence-corrected chi connectivity index (χ2v) is 9.55. The third-order valence-corrected chi connectivity index (χ3v) is 7.13. The minimum atomic E-state index is -0.512. The van der Waals surface area contributed by atoms with E-state index < -0.39 is 12.1 Å². The highest BCUT2D eigenvalue weighted by atomic mass is 35.5. The SMILES string of the molecule is COc1ccc(Cl)c(N2CCCN2C(=O)CNC(=O)NCc2ccc3c(c2)[C@H]2C[C@H](N3)[C@H](O)CO2)c1. The van der Waals surface area contributed by atoms with Gasteiger partial charge in [0, 0.05) is 43.4 Å². The van der Waals surface area contributed by atoms with E-state index in [1.165, 1.54) is 0 Å². The number of nitrogens with zero attached hydrogens (tertiary/aromatic N) is 2. The highest BCUT2D eigenvalue weighted by Crippen LogP contribution is 2.39. The second kappa shape index (κ2) is 10.4. The summed E-state index contributed by atoms with van der Waals surface area (Å²) in [7, 11) is 1.58. The number of hydrogen-bond acceptors (Lipinski definition) is 7. The minimum absolute atomic E-state index is 0.00461. The van der Waals surface area contributed by atoms with Gasteiger partial charge in [-0.15, -0.1) is 0 Å². The number of halogens is 1. The molecule has 3 amide bonds. The highest BCUT2D eigenvalue weighted by molar-refractivity contribution is 6.33. The number of nitrogens with one attached hydrogen (secondary N) is 3. The zero-order valence-corrected chi connectivity index (χ0v) is 20.8. The van der Waals surface area contributed by atoms with Gasteiger partial charge in [-0.1, -0.05) is 17.7 Å². The standard InChI is InChI=1S/C25H30ClN5O5/c1-35-16-4-5-18(26)21(10-16)30-7-2-8-31(30)24(33)13-28-25(34)27-12-15-3-6-19-17(9-15)23-11-20(29-19)22(32)14-36-23/h3-6,9-10,20,22-23,29,32H,2,7-8,11-14H2,1H3,(H2,27,28,34)/t20-,22+,23+/m0/s1. The van der Waals surface area contributed by atoms with E-state index in [-0.39, 0.29) is 24.6 Å². The number of hydrogen-bond donors (Lipinski definition) is 4. The average Bonchev–Trinajstić information content (AvgIpc) is 3.38. The van der Waals surface area contributed by atoms with Gasteiger partial charge in [-0.2, -0.15) is 0 Å². The number of aliphatic hydroxyl groups excluding tert-OH is 1. The van der Waals surface area contributed by atoms with Crippen LogP contribution in [0.25, 0.3) is 0 Å². The molecule has 3 aliphatic rings. The molecule has 10 nitrogen and oxygen atoms in total. The van der Waals surface area contributed by atoms with E-state index in [1.807, 2.05) is 23.2 Å². The first-order valence-electron chi connectivity index (χ1n) is 12.0. The quantitative estimate of drug-likeness (QED) is 0.467. The van der Waals surface area contributed by atoms with Crippen LogP contribution in [0.15, 0.2) is 36.4 Å².